The van der Waals surface area contributed by atoms with Crippen LogP contribution in [-0.4, -0.2) is 48.0 Å². The third-order valence-corrected chi connectivity index (χ3v) is 3.75. The molecule has 0 atom stereocenters. The van der Waals surface area contributed by atoms with E-state index < -0.39 is 0 Å². The zero-order valence-electron chi connectivity index (χ0n) is 13.4. The van der Waals surface area contributed by atoms with Crippen molar-refractivity contribution < 1.29 is 4.79 Å². The van der Waals surface area contributed by atoms with E-state index in [0.717, 1.165) is 17.6 Å². The molecule has 2 N–H and O–H groups in total. The molecule has 6 nitrogen and oxygen atoms in total. The number of para-hydroxylation sites is 1. The first kappa shape index (κ1) is 17.4. The second-order valence-corrected chi connectivity index (χ2v) is 6.20. The number of nitrogens with one attached hydrogen (secondary N) is 2. The molecule has 122 valence electrons. The minimum atomic E-state index is -0.266. The van der Waals surface area contributed by atoms with Gasteiger partial charge in [-0.25, -0.2) is 9.97 Å². The van der Waals surface area contributed by atoms with Crippen molar-refractivity contribution in [1.29, 1.82) is 0 Å². The van der Waals surface area contributed by atoms with Gasteiger partial charge in [-0.05, 0) is 49.1 Å². The van der Waals surface area contributed by atoms with E-state index in [1.165, 1.54) is 0 Å². The number of amides is 1. The monoisotopic (exact) mass is 377 g/mol. The maximum atomic E-state index is 12.4. The Balaban J connectivity index is 2.11. The number of rotatable bonds is 6. The van der Waals surface area contributed by atoms with E-state index in [9.17, 15) is 4.79 Å². The van der Waals surface area contributed by atoms with Crippen LogP contribution in [0.4, 0.5) is 11.5 Å². The molecule has 1 amide bonds. The van der Waals surface area contributed by atoms with Crippen LogP contribution in [0.25, 0.3) is 0 Å². The van der Waals surface area contributed by atoms with Crippen molar-refractivity contribution in [2.24, 2.45) is 0 Å². The lowest BCUT2D eigenvalue weighted by Gasteiger charge is -2.12. The van der Waals surface area contributed by atoms with E-state index in [4.69, 9.17) is 0 Å². The smallest absolute Gasteiger partial charge is 0.274 e. The van der Waals surface area contributed by atoms with Gasteiger partial charge in [0, 0.05) is 23.6 Å². The fourth-order valence-corrected chi connectivity index (χ4v) is 2.31. The maximum Gasteiger partial charge on any atom is 0.274 e. The Hall–Kier alpha value is -1.99. The number of likely N-dealkylation sites (N-methyl/N-ethyl adjacent to an activating group) is 1. The summed E-state index contributed by atoms with van der Waals surface area (Å²) in [6.07, 6.45) is 0. The second-order valence-electron chi connectivity index (χ2n) is 5.35. The van der Waals surface area contributed by atoms with Crippen molar-refractivity contribution in [1.82, 2.24) is 14.9 Å². The van der Waals surface area contributed by atoms with Crippen molar-refractivity contribution in [2.75, 3.05) is 37.8 Å². The number of anilines is 2. The first-order chi connectivity index (χ1) is 11.0. The minimum Gasteiger partial charge on any atom is -0.369 e. The number of nitrogens with zero attached hydrogens (tertiary/aromatic N) is 3. The number of carbonyl (C=O) groups is 1. The lowest BCUT2D eigenvalue weighted by molar-refractivity contribution is 0.102. The largest absolute Gasteiger partial charge is 0.369 e. The molecule has 23 heavy (non-hydrogen) atoms. The Labute approximate surface area is 144 Å². The van der Waals surface area contributed by atoms with Crippen molar-refractivity contribution in [3.05, 3.63) is 46.3 Å². The Kier molecular flexibility index (Phi) is 6.06. The Morgan fingerprint density at radius 3 is 2.70 bits per heavy atom. The van der Waals surface area contributed by atoms with E-state index in [1.807, 2.05) is 38.4 Å². The third kappa shape index (κ3) is 5.30. The van der Waals surface area contributed by atoms with Crippen LogP contribution >= 0.6 is 15.9 Å². The summed E-state index contributed by atoms with van der Waals surface area (Å²) >= 11 is 3.41. The molecule has 1 heterocycles. The quantitative estimate of drug-likeness (QED) is 0.809. The summed E-state index contributed by atoms with van der Waals surface area (Å²) in [6.45, 7) is 3.39. The first-order valence-corrected chi connectivity index (χ1v) is 8.05. The zero-order valence-corrected chi connectivity index (χ0v) is 15.0. The molecular weight excluding hydrogens is 358 g/mol. The number of hydrogen-bond donors (Lipinski definition) is 2. The summed E-state index contributed by atoms with van der Waals surface area (Å²) in [4.78, 5) is 23.0. The number of benzene rings is 1. The molecule has 0 radical (unpaired) electrons. The second kappa shape index (κ2) is 8.03. The molecule has 1 aromatic heterocycles. The van der Waals surface area contributed by atoms with Crippen molar-refractivity contribution in [3.8, 4) is 0 Å². The molecule has 0 saturated heterocycles. The summed E-state index contributed by atoms with van der Waals surface area (Å²) in [5.41, 5.74) is 1.04. The highest BCUT2D eigenvalue weighted by atomic mass is 79.9. The van der Waals surface area contributed by atoms with E-state index in [0.29, 0.717) is 23.0 Å². The third-order valence-electron chi connectivity index (χ3n) is 3.06. The number of hydrogen-bond acceptors (Lipinski definition) is 5. The van der Waals surface area contributed by atoms with Gasteiger partial charge in [-0.3, -0.25) is 4.79 Å². The van der Waals surface area contributed by atoms with Crippen molar-refractivity contribution in [2.45, 2.75) is 6.92 Å². The number of aryl methyl sites for hydroxylation is 1. The highest BCUT2D eigenvalue weighted by Gasteiger charge is 2.12. The van der Waals surface area contributed by atoms with E-state index in [1.54, 1.807) is 13.0 Å². The average molecular weight is 378 g/mol. The van der Waals surface area contributed by atoms with Gasteiger partial charge >= 0.3 is 0 Å². The Bertz CT molecular complexity index is 690. The maximum absolute atomic E-state index is 12.4. The van der Waals surface area contributed by atoms with Gasteiger partial charge in [-0.1, -0.05) is 12.1 Å². The Morgan fingerprint density at radius 1 is 1.26 bits per heavy atom. The van der Waals surface area contributed by atoms with Gasteiger partial charge in [-0.2, -0.15) is 0 Å². The summed E-state index contributed by atoms with van der Waals surface area (Å²) in [5, 5.41) is 6.05. The van der Waals surface area contributed by atoms with E-state index >= 15 is 0 Å². The summed E-state index contributed by atoms with van der Waals surface area (Å²) in [7, 11) is 4.01. The number of halogens is 1. The molecule has 7 heteroatoms. The molecule has 2 rings (SSSR count). The minimum absolute atomic E-state index is 0.266. The molecule has 0 aliphatic heterocycles. The summed E-state index contributed by atoms with van der Waals surface area (Å²) in [5.74, 6) is 0.937. The molecule has 0 fully saturated rings. The predicted molar refractivity (Wildman–Crippen MR) is 95.9 cm³/mol. The summed E-state index contributed by atoms with van der Waals surface area (Å²) in [6, 6.07) is 9.11. The summed E-state index contributed by atoms with van der Waals surface area (Å²) < 4.78 is 0.823. The molecule has 0 spiro atoms. The van der Waals surface area contributed by atoms with Gasteiger partial charge in [0.1, 0.15) is 17.3 Å². The standard InChI is InChI=1S/C16H20BrN5O/c1-11-19-14(10-15(20-11)18-8-9-22(2)3)16(23)21-13-7-5-4-6-12(13)17/h4-7,10H,8-9H2,1-3H3,(H,21,23)(H,18,19,20). The van der Waals surface area contributed by atoms with Gasteiger partial charge in [0.05, 0.1) is 5.69 Å². The van der Waals surface area contributed by atoms with Gasteiger partial charge in [0.25, 0.3) is 5.91 Å². The van der Waals surface area contributed by atoms with Crippen LogP contribution in [0.2, 0.25) is 0 Å². The van der Waals surface area contributed by atoms with Crippen LogP contribution in [0.3, 0.4) is 0 Å². The molecule has 0 saturated carbocycles. The first-order valence-electron chi connectivity index (χ1n) is 7.26. The normalized spacial score (nSPS) is 10.7. The van der Waals surface area contributed by atoms with Gasteiger partial charge in [0.2, 0.25) is 0 Å². The fraction of sp³-hybridized carbons (Fsp3) is 0.312. The van der Waals surface area contributed by atoms with E-state index in [2.05, 4.69) is 41.4 Å². The topological polar surface area (TPSA) is 70.2 Å². The van der Waals surface area contributed by atoms with Crippen LogP contribution in [-0.2, 0) is 0 Å². The molecule has 0 aliphatic rings. The zero-order chi connectivity index (χ0) is 16.8. The number of aromatic nitrogens is 2. The van der Waals surface area contributed by atoms with Crippen LogP contribution < -0.4 is 10.6 Å². The van der Waals surface area contributed by atoms with Crippen LogP contribution in [0.5, 0.6) is 0 Å². The van der Waals surface area contributed by atoms with Gasteiger partial charge in [0.15, 0.2) is 0 Å². The molecule has 1 aromatic carbocycles. The molecule has 2 aromatic rings. The molecular formula is C16H20BrN5O. The van der Waals surface area contributed by atoms with Gasteiger partial charge in [-0.15, -0.1) is 0 Å². The SMILES string of the molecule is Cc1nc(NCCN(C)C)cc(C(=O)Nc2ccccc2Br)n1. The molecule has 0 unspecified atom stereocenters. The van der Waals surface area contributed by atoms with Crippen LogP contribution in [0.15, 0.2) is 34.8 Å². The van der Waals surface area contributed by atoms with Gasteiger partial charge < -0.3 is 15.5 Å². The molecule has 0 bridgehead atoms. The number of carbonyl (C=O) groups excluding carboxylic acids is 1. The van der Waals surface area contributed by atoms with E-state index in [-0.39, 0.29) is 5.91 Å². The average Bonchev–Trinajstić information content (AvgIpc) is 2.48. The van der Waals surface area contributed by atoms with Crippen LogP contribution in [0, 0.1) is 6.92 Å². The Morgan fingerprint density at radius 2 is 2.00 bits per heavy atom. The lowest BCUT2D eigenvalue weighted by Crippen LogP contribution is -2.22. The van der Waals surface area contributed by atoms with Crippen molar-refractivity contribution >= 4 is 33.3 Å². The highest BCUT2D eigenvalue weighted by Crippen LogP contribution is 2.21. The van der Waals surface area contributed by atoms with Crippen LogP contribution in [0.1, 0.15) is 16.3 Å². The fourth-order valence-electron chi connectivity index (χ4n) is 1.93. The lowest BCUT2D eigenvalue weighted by atomic mass is 10.3. The highest BCUT2D eigenvalue weighted by molar-refractivity contribution is 9.10. The molecule has 0 aliphatic carbocycles. The predicted octanol–water partition coefficient (Wildman–Crippen LogP) is 2.77. The van der Waals surface area contributed by atoms with Crippen molar-refractivity contribution in [3.63, 3.8) is 0 Å².